The van der Waals surface area contributed by atoms with Gasteiger partial charge in [-0.3, -0.25) is 0 Å². The Morgan fingerprint density at radius 1 is 0.464 bits per heavy atom. The van der Waals surface area contributed by atoms with Gasteiger partial charge in [0.1, 0.15) is 6.17 Å². The Bertz CT molecular complexity index is 2670. The lowest BCUT2D eigenvalue weighted by Gasteiger charge is -2.37. The van der Waals surface area contributed by atoms with Crippen LogP contribution in [0.2, 0.25) is 0 Å². The molecular formula is C53H42N2Si. The van der Waals surface area contributed by atoms with Gasteiger partial charge in [-0.2, -0.15) is 0 Å². The summed E-state index contributed by atoms with van der Waals surface area (Å²) in [6.45, 7) is 2.25. The van der Waals surface area contributed by atoms with E-state index in [1.807, 2.05) is 0 Å². The highest BCUT2D eigenvalue weighted by molar-refractivity contribution is 7.21. The highest BCUT2D eigenvalue weighted by Gasteiger charge is 2.44. The standard InChI is InChI=1S/C53H42N2Si/c1-2-50-54-52-44(35-20-36-49(52)55(50)40-23-7-3-8-24-40)38-21-19-22-39(37-38)51-45-31-15-17-33-47(45)53(48-34-18-16-32-46(48)51)56(41-25-9-4-10-26-41,42-27-11-5-12-28-42)43-29-13-6-14-30-43/h3-37,50,54H,2H2,1H3. The van der Waals surface area contributed by atoms with Crippen molar-refractivity contribution in [2.45, 2.75) is 19.5 Å². The molecule has 0 spiro atoms. The maximum absolute atomic E-state index is 3.92. The van der Waals surface area contributed by atoms with E-state index in [0.717, 1.165) is 6.42 Å². The predicted molar refractivity (Wildman–Crippen MR) is 242 cm³/mol. The summed E-state index contributed by atoms with van der Waals surface area (Å²) < 4.78 is 0. The number of hydrogen-bond donors (Lipinski definition) is 1. The topological polar surface area (TPSA) is 15.3 Å². The molecule has 56 heavy (non-hydrogen) atoms. The maximum Gasteiger partial charge on any atom is 0.180 e. The lowest BCUT2D eigenvalue weighted by atomic mass is 9.90. The highest BCUT2D eigenvalue weighted by atomic mass is 28.3. The number of para-hydroxylation sites is 2. The quantitative estimate of drug-likeness (QED) is 0.0950. The van der Waals surface area contributed by atoms with E-state index in [1.165, 1.54) is 81.6 Å². The number of benzene rings is 9. The lowest BCUT2D eigenvalue weighted by Crippen LogP contribution is -2.75. The molecular weight excluding hydrogens is 693 g/mol. The van der Waals surface area contributed by atoms with Crippen molar-refractivity contribution in [3.05, 3.63) is 212 Å². The second-order valence-electron chi connectivity index (χ2n) is 14.7. The Morgan fingerprint density at radius 2 is 0.929 bits per heavy atom. The summed E-state index contributed by atoms with van der Waals surface area (Å²) in [5.74, 6) is 0. The van der Waals surface area contributed by atoms with Crippen LogP contribution in [0.5, 0.6) is 0 Å². The van der Waals surface area contributed by atoms with Gasteiger partial charge in [0, 0.05) is 11.3 Å². The summed E-state index contributed by atoms with van der Waals surface area (Å²) in [6, 6.07) is 78.9. The van der Waals surface area contributed by atoms with E-state index in [2.05, 4.69) is 229 Å². The molecule has 2 nitrogen and oxygen atoms in total. The van der Waals surface area contributed by atoms with Crippen molar-refractivity contribution in [1.82, 2.24) is 0 Å². The Kier molecular flexibility index (Phi) is 8.58. The zero-order valence-electron chi connectivity index (χ0n) is 31.4. The SMILES string of the molecule is CCC1Nc2c(-c3cccc(-c4c5ccccc5c([Si](c5ccccc5)(c5ccccc5)c5ccccc5)c5ccccc45)c3)cccc2N1c1ccccc1. The molecule has 9 aromatic carbocycles. The van der Waals surface area contributed by atoms with Gasteiger partial charge in [-0.1, -0.05) is 195 Å². The maximum atomic E-state index is 3.92. The van der Waals surface area contributed by atoms with Crippen LogP contribution in [0.4, 0.5) is 17.1 Å². The first kappa shape index (κ1) is 33.9. The Labute approximate surface area is 330 Å². The number of hydrogen-bond acceptors (Lipinski definition) is 2. The van der Waals surface area contributed by atoms with Gasteiger partial charge in [-0.15, -0.1) is 0 Å². The van der Waals surface area contributed by atoms with Crippen LogP contribution >= 0.6 is 0 Å². The van der Waals surface area contributed by atoms with Crippen LogP contribution < -0.4 is 31.0 Å². The van der Waals surface area contributed by atoms with Crippen molar-refractivity contribution in [1.29, 1.82) is 0 Å². The molecule has 0 aliphatic carbocycles. The third-order valence-corrected chi connectivity index (χ3v) is 16.6. The fourth-order valence-corrected chi connectivity index (χ4v) is 14.6. The van der Waals surface area contributed by atoms with E-state index < -0.39 is 8.07 Å². The first-order chi connectivity index (χ1) is 27.8. The highest BCUT2D eigenvalue weighted by Crippen LogP contribution is 2.47. The van der Waals surface area contributed by atoms with E-state index in [1.54, 1.807) is 0 Å². The van der Waals surface area contributed by atoms with E-state index in [0.29, 0.717) is 0 Å². The molecule has 1 heterocycles. The van der Waals surface area contributed by atoms with Crippen LogP contribution in [0.25, 0.3) is 43.8 Å². The molecule has 0 aromatic heterocycles. The van der Waals surface area contributed by atoms with Crippen LogP contribution in [-0.4, -0.2) is 14.2 Å². The molecule has 1 unspecified atom stereocenters. The number of nitrogens with zero attached hydrogens (tertiary/aromatic N) is 1. The second kappa shape index (κ2) is 14.2. The van der Waals surface area contributed by atoms with E-state index >= 15 is 0 Å². The molecule has 1 aliphatic rings. The third kappa shape index (κ3) is 5.38. The average Bonchev–Trinajstić information content (AvgIpc) is 3.67. The van der Waals surface area contributed by atoms with Crippen molar-refractivity contribution in [2.75, 3.05) is 10.2 Å². The summed E-state index contributed by atoms with van der Waals surface area (Å²) in [5, 5.41) is 14.6. The Balaban J connectivity index is 1.24. The van der Waals surface area contributed by atoms with Gasteiger partial charge in [-0.25, -0.2) is 0 Å². The molecule has 1 aliphatic heterocycles. The molecule has 0 radical (unpaired) electrons. The van der Waals surface area contributed by atoms with E-state index in [-0.39, 0.29) is 6.17 Å². The number of anilines is 3. The minimum atomic E-state index is -2.89. The zero-order valence-corrected chi connectivity index (χ0v) is 32.4. The molecule has 0 saturated carbocycles. The summed E-state index contributed by atoms with van der Waals surface area (Å²) in [5.41, 5.74) is 8.53. The number of rotatable bonds is 8. The van der Waals surface area contributed by atoms with Gasteiger partial charge in [0.2, 0.25) is 0 Å². The fraction of sp³-hybridized carbons (Fsp3) is 0.0566. The van der Waals surface area contributed by atoms with Crippen LogP contribution in [0.15, 0.2) is 212 Å². The van der Waals surface area contributed by atoms with Gasteiger partial charge in [0.25, 0.3) is 0 Å². The smallest absolute Gasteiger partial charge is 0.180 e. The summed E-state index contributed by atoms with van der Waals surface area (Å²) in [6.07, 6.45) is 1.16. The molecule has 0 fully saturated rings. The summed E-state index contributed by atoms with van der Waals surface area (Å²) in [7, 11) is -2.89. The molecule has 3 heteroatoms. The normalized spacial score (nSPS) is 13.8. The van der Waals surface area contributed by atoms with Gasteiger partial charge in [-0.05, 0) is 89.7 Å². The van der Waals surface area contributed by atoms with E-state index in [9.17, 15) is 0 Å². The molecule has 1 N–H and O–H groups in total. The lowest BCUT2D eigenvalue weighted by molar-refractivity contribution is 0.728. The molecule has 10 rings (SSSR count). The van der Waals surface area contributed by atoms with Crippen LogP contribution in [0.3, 0.4) is 0 Å². The van der Waals surface area contributed by atoms with Crippen molar-refractivity contribution >= 4 is 67.4 Å². The first-order valence-corrected chi connectivity index (χ1v) is 21.7. The minimum Gasteiger partial charge on any atom is -0.363 e. The Morgan fingerprint density at radius 3 is 1.46 bits per heavy atom. The third-order valence-electron chi connectivity index (χ3n) is 11.7. The van der Waals surface area contributed by atoms with Gasteiger partial charge in [0.15, 0.2) is 8.07 Å². The predicted octanol–water partition coefficient (Wildman–Crippen LogP) is 11.0. The molecule has 0 bridgehead atoms. The average molecular weight is 735 g/mol. The van der Waals surface area contributed by atoms with Crippen molar-refractivity contribution in [3.63, 3.8) is 0 Å². The number of fused-ring (bicyclic) bond motifs is 3. The van der Waals surface area contributed by atoms with Gasteiger partial charge in [0.05, 0.1) is 11.4 Å². The largest absolute Gasteiger partial charge is 0.363 e. The van der Waals surface area contributed by atoms with Crippen molar-refractivity contribution < 1.29 is 0 Å². The fourth-order valence-electron chi connectivity index (χ4n) is 9.41. The monoisotopic (exact) mass is 734 g/mol. The molecule has 0 saturated heterocycles. The van der Waals surface area contributed by atoms with E-state index in [4.69, 9.17) is 0 Å². The van der Waals surface area contributed by atoms with Crippen LogP contribution in [-0.2, 0) is 0 Å². The molecule has 268 valence electrons. The summed E-state index contributed by atoms with van der Waals surface area (Å²) >= 11 is 0. The van der Waals surface area contributed by atoms with Crippen molar-refractivity contribution in [3.8, 4) is 22.3 Å². The minimum absolute atomic E-state index is 0.181. The molecule has 1 atom stereocenters. The first-order valence-electron chi connectivity index (χ1n) is 19.7. The van der Waals surface area contributed by atoms with Crippen LogP contribution in [0.1, 0.15) is 13.3 Å². The molecule has 0 amide bonds. The van der Waals surface area contributed by atoms with Crippen molar-refractivity contribution in [2.24, 2.45) is 0 Å². The van der Waals surface area contributed by atoms with Gasteiger partial charge >= 0.3 is 0 Å². The molecule has 9 aromatic rings. The Hall–Kier alpha value is -6.68. The van der Waals surface area contributed by atoms with Gasteiger partial charge < -0.3 is 10.2 Å². The second-order valence-corrected chi connectivity index (χ2v) is 18.5. The zero-order chi connectivity index (χ0) is 37.5. The summed E-state index contributed by atoms with van der Waals surface area (Å²) in [4.78, 5) is 2.45. The van der Waals surface area contributed by atoms with Crippen LogP contribution in [0, 0.1) is 0 Å². The number of nitrogens with one attached hydrogen (secondary N) is 1.